The number of nitrogens with one attached hydrogen (secondary N) is 1. The van der Waals surface area contributed by atoms with Crippen LogP contribution < -0.4 is 15.2 Å². The Morgan fingerprint density at radius 1 is 1.37 bits per heavy atom. The minimum absolute atomic E-state index is 0.0810. The second kappa shape index (κ2) is 5.79. The zero-order chi connectivity index (χ0) is 14.7. The van der Waals surface area contributed by atoms with Gasteiger partial charge in [0, 0.05) is 11.6 Å². The fourth-order valence-corrected chi connectivity index (χ4v) is 3.55. The summed E-state index contributed by atoms with van der Waals surface area (Å²) in [4.78, 5) is 0.0810. The van der Waals surface area contributed by atoms with Crippen LogP contribution in [0.15, 0.2) is 23.1 Å². The van der Waals surface area contributed by atoms with Gasteiger partial charge in [0.05, 0.1) is 12.8 Å². The average Bonchev–Trinajstić information content (AvgIpc) is 2.26. The molecular weight excluding hydrogens is 264 g/mol. The quantitative estimate of drug-likeness (QED) is 0.785. The summed E-state index contributed by atoms with van der Waals surface area (Å²) in [5.74, 6) is 0.532. The van der Waals surface area contributed by atoms with E-state index in [9.17, 15) is 8.42 Å². The van der Waals surface area contributed by atoms with E-state index in [1.807, 2.05) is 20.8 Å². The molecule has 1 aromatic carbocycles. The van der Waals surface area contributed by atoms with E-state index in [0.717, 1.165) is 12.8 Å². The number of hydrogen-bond acceptors (Lipinski definition) is 4. The molecule has 0 fully saturated rings. The van der Waals surface area contributed by atoms with Crippen LogP contribution in [0.3, 0.4) is 0 Å². The normalized spacial score (nSPS) is 12.4. The molecular formula is C13H22N2O3S. The summed E-state index contributed by atoms with van der Waals surface area (Å²) in [6, 6.07) is 4.54. The third kappa shape index (κ3) is 4.11. The monoisotopic (exact) mass is 286 g/mol. The summed E-state index contributed by atoms with van der Waals surface area (Å²) in [5.41, 5.74) is 5.46. The van der Waals surface area contributed by atoms with Crippen molar-refractivity contribution in [3.05, 3.63) is 18.2 Å². The molecule has 0 aliphatic carbocycles. The van der Waals surface area contributed by atoms with E-state index in [1.54, 1.807) is 6.07 Å². The molecule has 0 spiro atoms. The highest BCUT2D eigenvalue weighted by atomic mass is 32.2. The van der Waals surface area contributed by atoms with Crippen molar-refractivity contribution in [1.82, 2.24) is 4.72 Å². The van der Waals surface area contributed by atoms with Gasteiger partial charge in [-0.3, -0.25) is 0 Å². The SMILES string of the molecule is CCCC(C)(C)NS(=O)(=O)c1ccc(OC)cc1N. The van der Waals surface area contributed by atoms with E-state index in [2.05, 4.69) is 4.72 Å². The Labute approximate surface area is 115 Å². The summed E-state index contributed by atoms with van der Waals surface area (Å²) < 4.78 is 32.3. The molecule has 108 valence electrons. The van der Waals surface area contributed by atoms with Crippen molar-refractivity contribution in [1.29, 1.82) is 0 Å². The molecule has 0 saturated carbocycles. The number of anilines is 1. The smallest absolute Gasteiger partial charge is 0.243 e. The van der Waals surface area contributed by atoms with Crippen molar-refractivity contribution in [3.8, 4) is 5.75 Å². The molecule has 0 radical (unpaired) electrons. The van der Waals surface area contributed by atoms with Gasteiger partial charge in [0.2, 0.25) is 10.0 Å². The maximum atomic E-state index is 12.3. The number of hydrogen-bond donors (Lipinski definition) is 2. The van der Waals surface area contributed by atoms with Crippen LogP contribution in [0.4, 0.5) is 5.69 Å². The van der Waals surface area contributed by atoms with Crippen molar-refractivity contribution < 1.29 is 13.2 Å². The lowest BCUT2D eigenvalue weighted by Gasteiger charge is -2.25. The van der Waals surface area contributed by atoms with Gasteiger partial charge in [0.1, 0.15) is 10.6 Å². The molecule has 0 bridgehead atoms. The van der Waals surface area contributed by atoms with Crippen LogP contribution in [0.2, 0.25) is 0 Å². The highest BCUT2D eigenvalue weighted by molar-refractivity contribution is 7.89. The molecule has 5 nitrogen and oxygen atoms in total. The lowest BCUT2D eigenvalue weighted by molar-refractivity contribution is 0.414. The molecule has 3 N–H and O–H groups in total. The molecule has 0 aliphatic heterocycles. The van der Waals surface area contributed by atoms with Crippen LogP contribution in [-0.4, -0.2) is 21.1 Å². The highest BCUT2D eigenvalue weighted by Crippen LogP contribution is 2.25. The minimum Gasteiger partial charge on any atom is -0.497 e. The Kier molecular flexibility index (Phi) is 4.81. The first-order valence-electron chi connectivity index (χ1n) is 6.19. The van der Waals surface area contributed by atoms with Crippen LogP contribution in [0.1, 0.15) is 33.6 Å². The van der Waals surface area contributed by atoms with Gasteiger partial charge in [0.25, 0.3) is 0 Å². The summed E-state index contributed by atoms with van der Waals surface area (Å²) in [6.45, 7) is 5.72. The Morgan fingerprint density at radius 3 is 2.47 bits per heavy atom. The van der Waals surface area contributed by atoms with E-state index in [4.69, 9.17) is 10.5 Å². The second-order valence-electron chi connectivity index (χ2n) is 5.14. The topological polar surface area (TPSA) is 81.4 Å². The van der Waals surface area contributed by atoms with Crippen LogP contribution in [-0.2, 0) is 10.0 Å². The fourth-order valence-electron chi connectivity index (χ4n) is 1.99. The van der Waals surface area contributed by atoms with Gasteiger partial charge in [-0.2, -0.15) is 0 Å². The van der Waals surface area contributed by atoms with Crippen molar-refractivity contribution in [2.75, 3.05) is 12.8 Å². The zero-order valence-electron chi connectivity index (χ0n) is 11.9. The Hall–Kier alpha value is -1.27. The van der Waals surface area contributed by atoms with Gasteiger partial charge >= 0.3 is 0 Å². The summed E-state index contributed by atoms with van der Waals surface area (Å²) in [7, 11) is -2.12. The summed E-state index contributed by atoms with van der Waals surface area (Å²) in [5, 5.41) is 0. The molecule has 0 aromatic heterocycles. The summed E-state index contributed by atoms with van der Waals surface area (Å²) in [6.07, 6.45) is 1.65. The second-order valence-corrected chi connectivity index (χ2v) is 6.79. The van der Waals surface area contributed by atoms with Crippen molar-refractivity contribution in [3.63, 3.8) is 0 Å². The van der Waals surface area contributed by atoms with Crippen molar-refractivity contribution in [2.24, 2.45) is 0 Å². The predicted octanol–water partition coefficient (Wildman–Crippen LogP) is 2.13. The molecule has 0 aliphatic rings. The number of nitrogen functional groups attached to an aromatic ring is 1. The lowest BCUT2D eigenvalue weighted by atomic mass is 10.0. The van der Waals surface area contributed by atoms with Crippen LogP contribution in [0, 0.1) is 0 Å². The fraction of sp³-hybridized carbons (Fsp3) is 0.538. The number of rotatable bonds is 6. The first-order valence-corrected chi connectivity index (χ1v) is 7.67. The van der Waals surface area contributed by atoms with Crippen LogP contribution in [0.5, 0.6) is 5.75 Å². The Morgan fingerprint density at radius 2 is 2.00 bits per heavy atom. The van der Waals surface area contributed by atoms with E-state index in [0.29, 0.717) is 5.75 Å². The van der Waals surface area contributed by atoms with Crippen molar-refractivity contribution >= 4 is 15.7 Å². The molecule has 1 rings (SSSR count). The molecule has 6 heteroatoms. The molecule has 0 unspecified atom stereocenters. The Bertz CT molecular complexity index is 539. The van der Waals surface area contributed by atoms with Gasteiger partial charge in [-0.25, -0.2) is 13.1 Å². The molecule has 0 atom stereocenters. The number of ether oxygens (including phenoxy) is 1. The number of nitrogens with two attached hydrogens (primary N) is 1. The maximum absolute atomic E-state index is 12.3. The maximum Gasteiger partial charge on any atom is 0.243 e. The summed E-state index contributed by atoms with van der Waals surface area (Å²) >= 11 is 0. The average molecular weight is 286 g/mol. The van der Waals surface area contributed by atoms with Gasteiger partial charge in [-0.05, 0) is 32.4 Å². The molecule has 0 saturated heterocycles. The van der Waals surface area contributed by atoms with Gasteiger partial charge in [0.15, 0.2) is 0 Å². The standard InChI is InChI=1S/C13H22N2O3S/c1-5-8-13(2,3)15-19(16,17)12-7-6-10(18-4)9-11(12)14/h6-7,9,15H,5,8,14H2,1-4H3. The first kappa shape index (κ1) is 15.8. The Balaban J connectivity index is 3.07. The molecule has 0 heterocycles. The third-order valence-corrected chi connectivity index (χ3v) is 4.56. The minimum atomic E-state index is -3.63. The number of benzene rings is 1. The number of sulfonamides is 1. The van der Waals surface area contributed by atoms with E-state index >= 15 is 0 Å². The molecule has 19 heavy (non-hydrogen) atoms. The third-order valence-electron chi connectivity index (χ3n) is 2.79. The number of methoxy groups -OCH3 is 1. The zero-order valence-corrected chi connectivity index (χ0v) is 12.7. The molecule has 1 aromatic rings. The first-order chi connectivity index (χ1) is 8.72. The largest absolute Gasteiger partial charge is 0.497 e. The van der Waals surface area contributed by atoms with Gasteiger partial charge < -0.3 is 10.5 Å². The van der Waals surface area contributed by atoms with Crippen LogP contribution >= 0.6 is 0 Å². The van der Waals surface area contributed by atoms with E-state index in [1.165, 1.54) is 19.2 Å². The highest BCUT2D eigenvalue weighted by Gasteiger charge is 2.26. The van der Waals surface area contributed by atoms with E-state index < -0.39 is 15.6 Å². The van der Waals surface area contributed by atoms with Crippen molar-refractivity contribution in [2.45, 2.75) is 44.0 Å². The predicted molar refractivity (Wildman–Crippen MR) is 76.7 cm³/mol. The van der Waals surface area contributed by atoms with E-state index in [-0.39, 0.29) is 10.6 Å². The van der Waals surface area contributed by atoms with Gasteiger partial charge in [-0.15, -0.1) is 0 Å². The molecule has 0 amide bonds. The van der Waals surface area contributed by atoms with Crippen LogP contribution in [0.25, 0.3) is 0 Å². The lowest BCUT2D eigenvalue weighted by Crippen LogP contribution is -2.43. The van der Waals surface area contributed by atoms with Gasteiger partial charge in [-0.1, -0.05) is 13.3 Å².